The Morgan fingerprint density at radius 3 is 1.83 bits per heavy atom. The highest BCUT2D eigenvalue weighted by atomic mass is 32.2. The summed E-state index contributed by atoms with van der Waals surface area (Å²) < 4.78 is -0.778. The van der Waals surface area contributed by atoms with Gasteiger partial charge in [0.1, 0.15) is 12.1 Å². The number of aliphatic carboxylic acids is 1. The van der Waals surface area contributed by atoms with Crippen LogP contribution in [0.4, 0.5) is 0 Å². The van der Waals surface area contributed by atoms with Gasteiger partial charge in [-0.2, -0.15) is 0 Å². The number of amides is 3. The van der Waals surface area contributed by atoms with Gasteiger partial charge in [0.05, 0.1) is 17.2 Å². The van der Waals surface area contributed by atoms with Crippen LogP contribution in [0.1, 0.15) is 36.0 Å². The summed E-state index contributed by atoms with van der Waals surface area (Å²) in [7, 11) is 0. The van der Waals surface area contributed by atoms with Crippen LogP contribution in [0, 0.1) is 0 Å². The summed E-state index contributed by atoms with van der Waals surface area (Å²) in [5.74, 6) is -2.96. The van der Waals surface area contributed by atoms with Crippen LogP contribution >= 0.6 is 11.8 Å². The predicted octanol–water partition coefficient (Wildman–Crippen LogP) is 2.47. The molecule has 41 heavy (non-hydrogen) atoms. The van der Waals surface area contributed by atoms with Gasteiger partial charge in [-0.3, -0.25) is 14.4 Å². The monoisotopic (exact) mass is 574 g/mol. The van der Waals surface area contributed by atoms with Crippen LogP contribution in [0.15, 0.2) is 91.0 Å². The van der Waals surface area contributed by atoms with Crippen molar-refractivity contribution in [1.82, 2.24) is 10.2 Å². The minimum absolute atomic E-state index is 0.0926. The largest absolute Gasteiger partial charge is 0.480 e. The molecule has 3 aromatic rings. The second-order valence-corrected chi connectivity index (χ2v) is 11.2. The number of rotatable bonds is 12. The maximum absolute atomic E-state index is 13.9. The lowest BCUT2D eigenvalue weighted by Gasteiger charge is -2.37. The van der Waals surface area contributed by atoms with Gasteiger partial charge >= 0.3 is 5.97 Å². The van der Waals surface area contributed by atoms with E-state index in [0.717, 1.165) is 16.7 Å². The van der Waals surface area contributed by atoms with Crippen molar-refractivity contribution >= 4 is 35.5 Å². The van der Waals surface area contributed by atoms with E-state index in [1.54, 1.807) is 0 Å². The fourth-order valence-electron chi connectivity index (χ4n) is 5.23. The average molecular weight is 575 g/mol. The summed E-state index contributed by atoms with van der Waals surface area (Å²) in [6, 6.07) is 26.3. The third kappa shape index (κ3) is 6.78. The van der Waals surface area contributed by atoms with Gasteiger partial charge in [-0.1, -0.05) is 91.0 Å². The molecule has 3 amide bonds. The number of nitrogens with zero attached hydrogens (tertiary/aromatic N) is 1. The zero-order valence-electron chi connectivity index (χ0n) is 22.5. The molecule has 10 heteroatoms. The van der Waals surface area contributed by atoms with Crippen molar-refractivity contribution < 1.29 is 24.3 Å². The Bertz CT molecular complexity index is 1260. The van der Waals surface area contributed by atoms with Gasteiger partial charge < -0.3 is 26.8 Å². The van der Waals surface area contributed by atoms with Gasteiger partial charge in [-0.05, 0) is 29.5 Å². The Hall–Kier alpha value is -4.15. The molecular weight excluding hydrogens is 540 g/mol. The highest BCUT2D eigenvalue weighted by molar-refractivity contribution is 8.00. The molecule has 1 aliphatic rings. The fraction of sp³-hybridized carbons (Fsp3) is 0.290. The van der Waals surface area contributed by atoms with E-state index in [-0.39, 0.29) is 18.7 Å². The second kappa shape index (κ2) is 13.5. The number of nitrogens with two attached hydrogens (primary N) is 2. The van der Waals surface area contributed by atoms with Crippen LogP contribution in [-0.2, 0) is 23.9 Å². The number of thioether (sulfide) groups is 1. The number of hydrogen-bond donors (Lipinski definition) is 4. The van der Waals surface area contributed by atoms with Gasteiger partial charge in [0.2, 0.25) is 17.7 Å². The average Bonchev–Trinajstić information content (AvgIpc) is 3.48. The topological polar surface area (TPSA) is 156 Å². The lowest BCUT2D eigenvalue weighted by Crippen LogP contribution is -2.56. The van der Waals surface area contributed by atoms with E-state index in [1.165, 1.54) is 16.7 Å². The van der Waals surface area contributed by atoms with E-state index in [4.69, 9.17) is 11.5 Å². The van der Waals surface area contributed by atoms with E-state index in [9.17, 15) is 24.3 Å². The highest BCUT2D eigenvalue weighted by Crippen LogP contribution is 2.48. The molecule has 0 aromatic heterocycles. The van der Waals surface area contributed by atoms with Crippen molar-refractivity contribution in [2.45, 2.75) is 42.1 Å². The molecule has 0 saturated carbocycles. The van der Waals surface area contributed by atoms with Gasteiger partial charge in [0.15, 0.2) is 0 Å². The van der Waals surface area contributed by atoms with Crippen molar-refractivity contribution in [3.05, 3.63) is 108 Å². The first kappa shape index (κ1) is 29.8. The molecule has 3 aromatic carbocycles. The number of benzene rings is 3. The Morgan fingerprint density at radius 1 is 0.902 bits per heavy atom. The van der Waals surface area contributed by atoms with Crippen LogP contribution in [0.25, 0.3) is 0 Å². The highest BCUT2D eigenvalue weighted by Gasteiger charge is 2.42. The smallest absolute Gasteiger partial charge is 0.326 e. The van der Waals surface area contributed by atoms with Crippen molar-refractivity contribution in [3.8, 4) is 0 Å². The van der Waals surface area contributed by atoms with Gasteiger partial charge in [-0.15, -0.1) is 11.8 Å². The Morgan fingerprint density at radius 2 is 1.39 bits per heavy atom. The zero-order chi connectivity index (χ0) is 29.4. The van der Waals surface area contributed by atoms with Gasteiger partial charge in [0.25, 0.3) is 0 Å². The number of hydrogen-bond acceptors (Lipinski definition) is 6. The summed E-state index contributed by atoms with van der Waals surface area (Å²) >= 11 is 1.46. The first-order valence-corrected chi connectivity index (χ1v) is 14.4. The number of carbonyl (C=O) groups is 4. The third-order valence-electron chi connectivity index (χ3n) is 7.20. The van der Waals surface area contributed by atoms with Crippen molar-refractivity contribution in [3.63, 3.8) is 0 Å². The molecule has 1 saturated heterocycles. The summed E-state index contributed by atoms with van der Waals surface area (Å²) in [4.78, 5) is 51.5. The minimum Gasteiger partial charge on any atom is -0.480 e. The van der Waals surface area contributed by atoms with E-state index < -0.39 is 46.6 Å². The first-order chi connectivity index (χ1) is 19.7. The maximum Gasteiger partial charge on any atom is 0.326 e. The lowest BCUT2D eigenvalue weighted by atomic mass is 9.84. The van der Waals surface area contributed by atoms with Gasteiger partial charge in [-0.25, -0.2) is 4.79 Å². The molecule has 0 unspecified atom stereocenters. The molecule has 6 N–H and O–H groups in total. The number of carbonyl (C=O) groups excluding carboxylic acids is 3. The second-order valence-electron chi connectivity index (χ2n) is 9.96. The normalized spacial score (nSPS) is 16.5. The van der Waals surface area contributed by atoms with Gasteiger partial charge in [0, 0.05) is 12.3 Å². The molecule has 1 fully saturated rings. The lowest BCUT2D eigenvalue weighted by molar-refractivity contribution is -0.149. The van der Waals surface area contributed by atoms with E-state index in [0.29, 0.717) is 12.8 Å². The molecule has 3 atom stereocenters. The number of likely N-dealkylation sites (tertiary alicyclic amines) is 1. The first-order valence-electron chi connectivity index (χ1n) is 13.4. The summed E-state index contributed by atoms with van der Waals surface area (Å²) in [5, 5.41) is 12.4. The standard InChI is InChI=1S/C31H34N4O5S/c32-24(19-27(33)36)28(37)34-25(29(38)35-18-10-17-26(35)30(39)40)20-41-31(21-11-4-1-5-12-21,22-13-6-2-7-14-22)23-15-8-3-9-16-23/h1-9,11-16,24-26H,10,17-20,32H2,(H2,33,36)(H,34,37)(H,39,40)/t24-,25-,26-/m0/s1. The molecule has 1 heterocycles. The number of primary amides is 1. The quantitative estimate of drug-likeness (QED) is 0.242. The fourth-order valence-corrected chi connectivity index (χ4v) is 6.78. The van der Waals surface area contributed by atoms with Crippen LogP contribution in [0.5, 0.6) is 0 Å². The SMILES string of the molecule is NC(=O)C[C@H](N)C(=O)N[C@@H](CSC(c1ccccc1)(c1ccccc1)c1ccccc1)C(=O)N1CCC[C@H]1C(=O)O. The van der Waals surface area contributed by atoms with E-state index in [1.807, 2.05) is 91.0 Å². The van der Waals surface area contributed by atoms with Crippen LogP contribution in [0.2, 0.25) is 0 Å². The maximum atomic E-state index is 13.9. The van der Waals surface area contributed by atoms with E-state index >= 15 is 0 Å². The molecule has 9 nitrogen and oxygen atoms in total. The minimum atomic E-state index is -1.25. The molecule has 0 radical (unpaired) electrons. The van der Waals surface area contributed by atoms with Crippen LogP contribution < -0.4 is 16.8 Å². The number of nitrogens with one attached hydrogen (secondary N) is 1. The zero-order valence-corrected chi connectivity index (χ0v) is 23.3. The molecule has 1 aliphatic heterocycles. The Labute approximate surface area is 243 Å². The Balaban J connectivity index is 1.76. The molecular formula is C31H34N4O5S. The molecule has 0 aliphatic carbocycles. The molecule has 0 bridgehead atoms. The van der Waals surface area contributed by atoms with Crippen molar-refractivity contribution in [1.29, 1.82) is 0 Å². The summed E-state index contributed by atoms with van der Waals surface area (Å²) in [5.41, 5.74) is 14.1. The Kier molecular flexibility index (Phi) is 9.80. The summed E-state index contributed by atoms with van der Waals surface area (Å²) in [6.07, 6.45) is 0.487. The summed E-state index contributed by atoms with van der Waals surface area (Å²) in [6.45, 7) is 0.265. The van der Waals surface area contributed by atoms with Crippen LogP contribution in [-0.4, -0.2) is 64.1 Å². The predicted molar refractivity (Wildman–Crippen MR) is 158 cm³/mol. The molecule has 0 spiro atoms. The van der Waals surface area contributed by atoms with E-state index in [2.05, 4.69) is 5.32 Å². The molecule has 4 rings (SSSR count). The number of carboxylic acids is 1. The number of carboxylic acid groups (broad SMARTS) is 1. The van der Waals surface area contributed by atoms with Crippen molar-refractivity contribution in [2.75, 3.05) is 12.3 Å². The molecule has 214 valence electrons. The third-order valence-corrected chi connectivity index (χ3v) is 8.84. The van der Waals surface area contributed by atoms with Crippen LogP contribution in [0.3, 0.4) is 0 Å². The van der Waals surface area contributed by atoms with Crippen molar-refractivity contribution in [2.24, 2.45) is 11.5 Å².